The predicted octanol–water partition coefficient (Wildman–Crippen LogP) is 2.60. The summed E-state index contributed by atoms with van der Waals surface area (Å²) >= 11 is 0. The van der Waals surface area contributed by atoms with Crippen molar-refractivity contribution in [3.63, 3.8) is 0 Å². The number of amides is 3. The van der Waals surface area contributed by atoms with Crippen LogP contribution in [0.25, 0.3) is 11.1 Å². The maximum atomic E-state index is 12.6. The fraction of sp³-hybridized carbons (Fsp3) is 0.182. The van der Waals surface area contributed by atoms with E-state index in [2.05, 4.69) is 27.4 Å². The molecule has 2 heterocycles. The summed E-state index contributed by atoms with van der Waals surface area (Å²) in [6.45, 7) is 2.32. The van der Waals surface area contributed by atoms with E-state index in [4.69, 9.17) is 5.73 Å². The van der Waals surface area contributed by atoms with Crippen molar-refractivity contribution in [2.45, 2.75) is 0 Å². The van der Waals surface area contributed by atoms with E-state index in [-0.39, 0.29) is 11.6 Å². The van der Waals surface area contributed by atoms with Gasteiger partial charge in [-0.3, -0.25) is 4.79 Å². The molecule has 3 aromatic rings. The van der Waals surface area contributed by atoms with E-state index >= 15 is 0 Å². The highest BCUT2D eigenvalue weighted by atomic mass is 16.2. The zero-order valence-corrected chi connectivity index (χ0v) is 16.4. The average Bonchev–Trinajstić information content (AvgIpc) is 2.80. The Labute approximate surface area is 174 Å². The van der Waals surface area contributed by atoms with Crippen molar-refractivity contribution in [2.75, 3.05) is 36.4 Å². The van der Waals surface area contributed by atoms with Crippen LogP contribution in [-0.2, 0) is 0 Å². The van der Waals surface area contributed by atoms with E-state index in [1.165, 1.54) is 12.4 Å². The molecule has 8 nitrogen and oxygen atoms in total. The Balaban J connectivity index is 1.31. The van der Waals surface area contributed by atoms with Crippen molar-refractivity contribution in [3.05, 3.63) is 72.6 Å². The van der Waals surface area contributed by atoms with Gasteiger partial charge in [-0.05, 0) is 23.3 Å². The first kappa shape index (κ1) is 19.4. The zero-order valence-electron chi connectivity index (χ0n) is 16.4. The number of piperazine rings is 1. The molecule has 30 heavy (non-hydrogen) atoms. The van der Waals surface area contributed by atoms with Crippen molar-refractivity contribution >= 4 is 23.6 Å². The number of carbonyl (C=O) groups excluding carboxylic acids is 2. The van der Waals surface area contributed by atoms with Gasteiger partial charge in [0.1, 0.15) is 0 Å². The summed E-state index contributed by atoms with van der Waals surface area (Å²) in [7, 11) is 0. The average molecular weight is 402 g/mol. The lowest BCUT2D eigenvalue weighted by atomic mass is 10.1. The Morgan fingerprint density at radius 2 is 1.43 bits per heavy atom. The number of nitrogens with zero attached hydrogens (tertiary/aromatic N) is 4. The molecular weight excluding hydrogens is 380 g/mol. The minimum absolute atomic E-state index is 0.132. The second kappa shape index (κ2) is 8.60. The molecule has 2 aromatic carbocycles. The summed E-state index contributed by atoms with van der Waals surface area (Å²) in [6.07, 6.45) is 2.84. The Hall–Kier alpha value is -3.94. The molecule has 1 aromatic heterocycles. The van der Waals surface area contributed by atoms with E-state index in [0.717, 1.165) is 16.8 Å². The SMILES string of the molecule is NC(=O)c1cnc(N2CCN(C(=O)Nc3ccc(-c4ccccc4)cc3)CC2)nc1. The molecule has 0 aliphatic carbocycles. The molecule has 4 rings (SSSR count). The molecule has 1 fully saturated rings. The molecule has 0 spiro atoms. The van der Waals surface area contributed by atoms with Gasteiger partial charge in [0.15, 0.2) is 0 Å². The molecule has 0 radical (unpaired) electrons. The number of rotatable bonds is 4. The van der Waals surface area contributed by atoms with Gasteiger partial charge >= 0.3 is 6.03 Å². The van der Waals surface area contributed by atoms with Gasteiger partial charge in [0.2, 0.25) is 5.95 Å². The van der Waals surface area contributed by atoms with Gasteiger partial charge in [-0.15, -0.1) is 0 Å². The van der Waals surface area contributed by atoms with Gasteiger partial charge in [-0.1, -0.05) is 42.5 Å². The number of nitrogens with one attached hydrogen (secondary N) is 1. The minimum Gasteiger partial charge on any atom is -0.366 e. The second-order valence-electron chi connectivity index (χ2n) is 6.98. The van der Waals surface area contributed by atoms with Crippen molar-refractivity contribution in [2.24, 2.45) is 5.73 Å². The summed E-state index contributed by atoms with van der Waals surface area (Å²) in [4.78, 5) is 35.8. The normalized spacial score (nSPS) is 13.7. The largest absolute Gasteiger partial charge is 0.366 e. The van der Waals surface area contributed by atoms with Crippen LogP contribution in [0.1, 0.15) is 10.4 Å². The van der Waals surface area contributed by atoms with Crippen LogP contribution in [0, 0.1) is 0 Å². The van der Waals surface area contributed by atoms with Crippen LogP contribution in [0.3, 0.4) is 0 Å². The van der Waals surface area contributed by atoms with Crippen LogP contribution in [-0.4, -0.2) is 53.0 Å². The first-order valence-corrected chi connectivity index (χ1v) is 9.68. The highest BCUT2D eigenvalue weighted by Gasteiger charge is 2.22. The van der Waals surface area contributed by atoms with E-state index in [1.54, 1.807) is 4.90 Å². The van der Waals surface area contributed by atoms with Gasteiger partial charge in [0.25, 0.3) is 5.91 Å². The highest BCUT2D eigenvalue weighted by Crippen LogP contribution is 2.21. The Bertz CT molecular complexity index is 1010. The Morgan fingerprint density at radius 1 is 0.833 bits per heavy atom. The highest BCUT2D eigenvalue weighted by molar-refractivity contribution is 5.92. The lowest BCUT2D eigenvalue weighted by molar-refractivity contribution is 0.0999. The third-order valence-electron chi connectivity index (χ3n) is 5.02. The van der Waals surface area contributed by atoms with Gasteiger partial charge in [0, 0.05) is 44.3 Å². The second-order valence-corrected chi connectivity index (χ2v) is 6.98. The Kier molecular flexibility index (Phi) is 5.56. The summed E-state index contributed by atoms with van der Waals surface area (Å²) in [5, 5.41) is 2.95. The van der Waals surface area contributed by atoms with E-state index in [9.17, 15) is 9.59 Å². The van der Waals surface area contributed by atoms with Crippen LogP contribution < -0.4 is 16.0 Å². The molecule has 152 valence electrons. The minimum atomic E-state index is -0.556. The Morgan fingerprint density at radius 3 is 2.03 bits per heavy atom. The molecule has 1 aliphatic rings. The number of carbonyl (C=O) groups is 2. The van der Waals surface area contributed by atoms with Crippen LogP contribution in [0.15, 0.2) is 67.0 Å². The molecule has 0 unspecified atom stereocenters. The number of anilines is 2. The van der Waals surface area contributed by atoms with Gasteiger partial charge < -0.3 is 20.9 Å². The molecule has 3 amide bonds. The number of hydrogen-bond acceptors (Lipinski definition) is 5. The third kappa shape index (κ3) is 4.38. The lowest BCUT2D eigenvalue weighted by Crippen LogP contribution is -2.50. The molecular formula is C22H22N6O2. The first-order chi connectivity index (χ1) is 14.6. The van der Waals surface area contributed by atoms with Crippen LogP contribution in [0.4, 0.5) is 16.4 Å². The molecule has 0 atom stereocenters. The number of hydrogen-bond donors (Lipinski definition) is 2. The molecule has 1 saturated heterocycles. The number of primary amides is 1. The van der Waals surface area contributed by atoms with Crippen molar-refractivity contribution < 1.29 is 9.59 Å². The fourth-order valence-electron chi connectivity index (χ4n) is 3.30. The van der Waals surface area contributed by atoms with E-state index < -0.39 is 5.91 Å². The number of benzene rings is 2. The maximum Gasteiger partial charge on any atom is 0.321 e. The molecule has 0 saturated carbocycles. The van der Waals surface area contributed by atoms with Crippen LogP contribution >= 0.6 is 0 Å². The number of urea groups is 1. The molecule has 0 bridgehead atoms. The smallest absolute Gasteiger partial charge is 0.321 e. The topological polar surface area (TPSA) is 104 Å². The fourth-order valence-corrected chi connectivity index (χ4v) is 3.30. The number of nitrogens with two attached hydrogens (primary N) is 1. The van der Waals surface area contributed by atoms with Crippen molar-refractivity contribution in [3.8, 4) is 11.1 Å². The summed E-state index contributed by atoms with van der Waals surface area (Å²) in [6, 6.07) is 17.8. The van der Waals surface area contributed by atoms with Gasteiger partial charge in [-0.2, -0.15) is 0 Å². The lowest BCUT2D eigenvalue weighted by Gasteiger charge is -2.34. The standard InChI is InChI=1S/C22H22N6O2/c23-20(29)18-14-24-21(25-15-18)27-10-12-28(13-11-27)22(30)26-19-8-6-17(7-9-19)16-4-2-1-3-5-16/h1-9,14-15H,10-13H2,(H2,23,29)(H,26,30). The molecule has 1 aliphatic heterocycles. The third-order valence-corrected chi connectivity index (χ3v) is 5.02. The predicted molar refractivity (Wildman–Crippen MR) is 115 cm³/mol. The van der Waals surface area contributed by atoms with Crippen LogP contribution in [0.5, 0.6) is 0 Å². The van der Waals surface area contributed by atoms with E-state index in [0.29, 0.717) is 32.1 Å². The number of aromatic nitrogens is 2. The van der Waals surface area contributed by atoms with E-state index in [1.807, 2.05) is 47.4 Å². The van der Waals surface area contributed by atoms with Crippen LogP contribution in [0.2, 0.25) is 0 Å². The molecule has 8 heteroatoms. The summed E-state index contributed by atoms with van der Waals surface area (Å²) in [5.74, 6) is -0.0311. The summed E-state index contributed by atoms with van der Waals surface area (Å²) in [5.41, 5.74) is 8.48. The first-order valence-electron chi connectivity index (χ1n) is 9.68. The molecule has 3 N–H and O–H groups in total. The quantitative estimate of drug-likeness (QED) is 0.698. The summed E-state index contributed by atoms with van der Waals surface area (Å²) < 4.78 is 0. The maximum absolute atomic E-state index is 12.6. The monoisotopic (exact) mass is 402 g/mol. The van der Waals surface area contributed by atoms with Gasteiger partial charge in [-0.25, -0.2) is 14.8 Å². The van der Waals surface area contributed by atoms with Gasteiger partial charge in [0.05, 0.1) is 5.56 Å². The van der Waals surface area contributed by atoms with Crippen molar-refractivity contribution in [1.82, 2.24) is 14.9 Å². The zero-order chi connectivity index (χ0) is 20.9. The van der Waals surface area contributed by atoms with Crippen molar-refractivity contribution in [1.29, 1.82) is 0 Å².